The average molecular weight is 607 g/mol. The summed E-state index contributed by atoms with van der Waals surface area (Å²) in [5.41, 5.74) is 9.85. The number of rotatable bonds is 10. The number of epoxide rings is 3. The first kappa shape index (κ1) is 30.4. The summed E-state index contributed by atoms with van der Waals surface area (Å²) in [6.07, 6.45) is 2.63. The molecular formula is C30H42N2O11. The molecule has 3 saturated heterocycles. The number of fused-ring (bicyclic) bond motifs is 4. The number of hydrogen-bond donors (Lipinski definition) is 4. The molecule has 0 aromatic rings. The van der Waals surface area contributed by atoms with Crippen molar-refractivity contribution in [3.8, 4) is 0 Å². The van der Waals surface area contributed by atoms with Gasteiger partial charge in [0.25, 0.3) is 0 Å². The monoisotopic (exact) mass is 606 g/mol. The molecule has 4 aliphatic heterocycles. The zero-order chi connectivity index (χ0) is 31.1. The van der Waals surface area contributed by atoms with Gasteiger partial charge in [0.1, 0.15) is 36.1 Å². The zero-order valence-electron chi connectivity index (χ0n) is 24.8. The predicted octanol–water partition coefficient (Wildman–Crippen LogP) is 1.05. The number of carboxylic acid groups (broad SMARTS) is 2. The van der Waals surface area contributed by atoms with Crippen molar-refractivity contribution in [1.29, 1.82) is 0 Å². The highest BCUT2D eigenvalue weighted by atomic mass is 16.8. The third-order valence-electron chi connectivity index (χ3n) is 11.1. The first-order valence-corrected chi connectivity index (χ1v) is 15.3. The van der Waals surface area contributed by atoms with Gasteiger partial charge in [-0.05, 0) is 56.1 Å². The van der Waals surface area contributed by atoms with Gasteiger partial charge >= 0.3 is 23.9 Å². The second kappa shape index (κ2) is 10.2. The van der Waals surface area contributed by atoms with Crippen LogP contribution >= 0.6 is 0 Å². The predicted molar refractivity (Wildman–Crippen MR) is 146 cm³/mol. The van der Waals surface area contributed by atoms with E-state index in [0.717, 1.165) is 30.4 Å². The number of carbonyl (C=O) groups excluding carboxylic acids is 2. The third-order valence-corrected chi connectivity index (χ3v) is 11.1. The Morgan fingerprint density at radius 1 is 1.09 bits per heavy atom. The molecule has 13 heteroatoms. The minimum absolute atomic E-state index is 0.0632. The Bertz CT molecular complexity index is 1270. The van der Waals surface area contributed by atoms with Crippen molar-refractivity contribution in [2.24, 2.45) is 28.7 Å². The molecule has 43 heavy (non-hydrogen) atoms. The second-order valence-electron chi connectivity index (χ2n) is 13.5. The van der Waals surface area contributed by atoms with E-state index in [2.05, 4.69) is 6.92 Å². The topological polar surface area (TPSA) is 217 Å². The molecule has 238 valence electrons. The molecule has 13 nitrogen and oxygen atoms in total. The Morgan fingerprint density at radius 2 is 1.84 bits per heavy atom. The summed E-state index contributed by atoms with van der Waals surface area (Å²) in [5.74, 6) is -2.56. The highest BCUT2D eigenvalue weighted by molar-refractivity contribution is 5.92. The lowest BCUT2D eigenvalue weighted by Gasteiger charge is -2.53. The van der Waals surface area contributed by atoms with Crippen LogP contribution in [0.3, 0.4) is 0 Å². The number of hydrogen-bond acceptors (Lipinski definition) is 11. The van der Waals surface area contributed by atoms with Gasteiger partial charge in [-0.3, -0.25) is 14.4 Å². The van der Waals surface area contributed by atoms with Crippen molar-refractivity contribution < 1.29 is 53.1 Å². The fraction of sp³-hybridized carbons (Fsp3) is 0.800. The molecule has 4 heterocycles. The van der Waals surface area contributed by atoms with Crippen LogP contribution in [-0.4, -0.2) is 94.5 Å². The standard InChI is InChI=1S/C24H28O9.C6H14N2O2/c1-10(2)22-17(32-22)18-24(33-18)21(3)7-6-11-12(9-29-19(11)28)13(21)8-14-23(24,31-14)20(22)30-16(27)5-4-15(25)26;7-4-2-1-3-5(8)6(9)10/h10,13-14,17-18,20H,4-9H2,1-3H3,(H,25,26);5H,1-4,7-8H2,(H,9,10)/t13?,14-,17-,18-,20+,21-,22-,23+,24+;/m0./s1. The van der Waals surface area contributed by atoms with Crippen LogP contribution in [0.4, 0.5) is 0 Å². The number of nitrogens with two attached hydrogens (primary N) is 2. The Labute approximate surface area is 249 Å². The summed E-state index contributed by atoms with van der Waals surface area (Å²) in [6, 6.07) is -0.716. The largest absolute Gasteiger partial charge is 0.481 e. The maximum Gasteiger partial charge on any atom is 0.334 e. The molecule has 0 radical (unpaired) electrons. The van der Waals surface area contributed by atoms with Crippen molar-refractivity contribution in [1.82, 2.24) is 0 Å². The van der Waals surface area contributed by atoms with Crippen molar-refractivity contribution in [2.75, 3.05) is 13.2 Å². The normalized spacial score (nSPS) is 42.8. The van der Waals surface area contributed by atoms with Gasteiger partial charge in [-0.1, -0.05) is 27.2 Å². The maximum atomic E-state index is 12.7. The summed E-state index contributed by atoms with van der Waals surface area (Å²) in [5, 5.41) is 17.3. The van der Waals surface area contributed by atoms with E-state index in [1.165, 1.54) is 0 Å². The summed E-state index contributed by atoms with van der Waals surface area (Å²) in [6.45, 7) is 7.25. The average Bonchev–Trinajstić information content (AvgIpc) is 3.86. The number of cyclic esters (lactones) is 1. The van der Waals surface area contributed by atoms with Crippen LogP contribution in [-0.2, 0) is 42.9 Å². The SMILES string of the molecule is CC(C)[C@]12O[C@H]1[C@@H]1O[C@]13[C@]1(O[C@H]1CC1C4=C(CC[C@@]13C)C(=O)OC4)[C@@H]2OC(=O)CCC(=O)O.NCCCCC(N)C(=O)O. The number of esters is 2. The van der Waals surface area contributed by atoms with Crippen LogP contribution in [0.25, 0.3) is 0 Å². The summed E-state index contributed by atoms with van der Waals surface area (Å²) in [4.78, 5) is 46.1. The number of carbonyl (C=O) groups is 4. The van der Waals surface area contributed by atoms with Crippen molar-refractivity contribution in [2.45, 2.75) is 119 Å². The first-order chi connectivity index (χ1) is 20.3. The molecule has 6 N–H and O–H groups in total. The van der Waals surface area contributed by atoms with E-state index >= 15 is 0 Å². The lowest BCUT2D eigenvalue weighted by atomic mass is 9.46. The Kier molecular flexibility index (Phi) is 7.24. The van der Waals surface area contributed by atoms with Gasteiger partial charge in [-0.15, -0.1) is 0 Å². The van der Waals surface area contributed by atoms with Crippen LogP contribution in [0.15, 0.2) is 11.1 Å². The smallest absolute Gasteiger partial charge is 0.334 e. The summed E-state index contributed by atoms with van der Waals surface area (Å²) in [7, 11) is 0. The molecule has 10 atom stereocenters. The number of ether oxygens (including phenoxy) is 5. The van der Waals surface area contributed by atoms with Gasteiger partial charge in [0, 0.05) is 11.0 Å². The molecule has 0 amide bonds. The lowest BCUT2D eigenvalue weighted by molar-refractivity contribution is -0.170. The highest BCUT2D eigenvalue weighted by Gasteiger charge is 3.01. The molecule has 0 aromatic heterocycles. The van der Waals surface area contributed by atoms with Crippen LogP contribution in [0.1, 0.15) is 72.1 Å². The van der Waals surface area contributed by atoms with E-state index in [9.17, 15) is 19.2 Å². The minimum atomic E-state index is -1.04. The molecule has 5 fully saturated rings. The molecule has 2 saturated carbocycles. The highest BCUT2D eigenvalue weighted by Crippen LogP contribution is 2.83. The van der Waals surface area contributed by atoms with Crippen LogP contribution in [0, 0.1) is 17.3 Å². The van der Waals surface area contributed by atoms with E-state index in [1.54, 1.807) is 0 Å². The lowest BCUT2D eigenvalue weighted by Crippen LogP contribution is -2.70. The molecule has 7 rings (SSSR count). The molecule has 0 bridgehead atoms. The van der Waals surface area contributed by atoms with Crippen molar-refractivity contribution >= 4 is 23.9 Å². The first-order valence-electron chi connectivity index (χ1n) is 15.3. The Morgan fingerprint density at radius 3 is 2.49 bits per heavy atom. The van der Waals surface area contributed by atoms with E-state index in [0.29, 0.717) is 32.4 Å². The third kappa shape index (κ3) is 4.14. The van der Waals surface area contributed by atoms with Gasteiger partial charge in [-0.25, -0.2) is 4.79 Å². The summed E-state index contributed by atoms with van der Waals surface area (Å²) < 4.78 is 30.9. The molecule has 3 aliphatic carbocycles. The maximum absolute atomic E-state index is 12.7. The fourth-order valence-electron chi connectivity index (χ4n) is 8.87. The molecule has 2 unspecified atom stereocenters. The van der Waals surface area contributed by atoms with E-state index < -0.39 is 46.9 Å². The van der Waals surface area contributed by atoms with Gasteiger partial charge in [0.05, 0.1) is 18.9 Å². The number of aliphatic carboxylic acids is 2. The van der Waals surface area contributed by atoms with E-state index in [4.69, 9.17) is 45.4 Å². The molecular weight excluding hydrogens is 564 g/mol. The van der Waals surface area contributed by atoms with Crippen LogP contribution < -0.4 is 11.5 Å². The van der Waals surface area contributed by atoms with E-state index in [-0.39, 0.29) is 54.4 Å². The van der Waals surface area contributed by atoms with Crippen LogP contribution in [0.5, 0.6) is 0 Å². The summed E-state index contributed by atoms with van der Waals surface area (Å²) >= 11 is 0. The molecule has 2 spiro atoms. The number of carboxylic acids is 2. The fourth-order valence-corrected chi connectivity index (χ4v) is 8.87. The quantitative estimate of drug-likeness (QED) is 0.155. The van der Waals surface area contributed by atoms with E-state index in [1.807, 2.05) is 13.8 Å². The Hall–Kier alpha value is -2.58. The second-order valence-corrected chi connectivity index (χ2v) is 13.5. The molecule has 0 aromatic carbocycles. The minimum Gasteiger partial charge on any atom is -0.481 e. The van der Waals surface area contributed by atoms with Gasteiger partial charge in [0.2, 0.25) is 0 Å². The zero-order valence-corrected chi connectivity index (χ0v) is 24.8. The van der Waals surface area contributed by atoms with Gasteiger partial charge in [-0.2, -0.15) is 0 Å². The molecule has 7 aliphatic rings. The number of unbranched alkanes of at least 4 members (excludes halogenated alkanes) is 1. The van der Waals surface area contributed by atoms with Gasteiger partial charge < -0.3 is 45.4 Å². The van der Waals surface area contributed by atoms with Crippen molar-refractivity contribution in [3.05, 3.63) is 11.1 Å². The van der Waals surface area contributed by atoms with Gasteiger partial charge in [0.15, 0.2) is 11.7 Å². The van der Waals surface area contributed by atoms with Crippen LogP contribution in [0.2, 0.25) is 0 Å². The Balaban J connectivity index is 0.000000286. The van der Waals surface area contributed by atoms with Crippen molar-refractivity contribution in [3.63, 3.8) is 0 Å².